The Morgan fingerprint density at radius 1 is 1.47 bits per heavy atom. The highest BCUT2D eigenvalue weighted by Gasteiger charge is 2.03. The third-order valence-corrected chi connectivity index (χ3v) is 2.33. The highest BCUT2D eigenvalue weighted by atomic mass is 16.3. The number of aryl methyl sites for hydroxylation is 2. The van der Waals surface area contributed by atoms with E-state index < -0.39 is 0 Å². The van der Waals surface area contributed by atoms with E-state index in [1.807, 2.05) is 25.1 Å². The minimum absolute atomic E-state index is 0.212. The monoisotopic (exact) mass is 203 g/mol. The molecule has 1 aromatic heterocycles. The minimum atomic E-state index is 0.212. The fourth-order valence-corrected chi connectivity index (χ4v) is 1.56. The zero-order valence-corrected chi connectivity index (χ0v) is 8.91. The molecule has 0 unspecified atom stereocenters. The van der Waals surface area contributed by atoms with Gasteiger partial charge in [0.15, 0.2) is 11.5 Å². The van der Waals surface area contributed by atoms with Crippen molar-refractivity contribution in [3.05, 3.63) is 29.7 Å². The summed E-state index contributed by atoms with van der Waals surface area (Å²) >= 11 is 0. The SMILES string of the molecule is CC(=O)CCc1ccc2nc(C)oc2c1. The Labute approximate surface area is 88.1 Å². The van der Waals surface area contributed by atoms with Gasteiger partial charge in [0.05, 0.1) is 0 Å². The summed E-state index contributed by atoms with van der Waals surface area (Å²) in [6.45, 7) is 3.44. The minimum Gasteiger partial charge on any atom is -0.441 e. The van der Waals surface area contributed by atoms with Gasteiger partial charge in [0.2, 0.25) is 0 Å². The summed E-state index contributed by atoms with van der Waals surface area (Å²) in [5, 5.41) is 0. The standard InChI is InChI=1S/C12H13NO2/c1-8(14)3-4-10-5-6-11-12(7-10)15-9(2)13-11/h5-7H,3-4H2,1-2H3. The van der Waals surface area contributed by atoms with E-state index in [0.29, 0.717) is 12.3 Å². The van der Waals surface area contributed by atoms with Crippen molar-refractivity contribution in [1.29, 1.82) is 0 Å². The predicted molar refractivity (Wildman–Crippen MR) is 57.7 cm³/mol. The number of carbonyl (C=O) groups is 1. The van der Waals surface area contributed by atoms with E-state index >= 15 is 0 Å². The third-order valence-electron chi connectivity index (χ3n) is 2.33. The van der Waals surface area contributed by atoms with Crippen molar-refractivity contribution in [3.8, 4) is 0 Å². The molecule has 0 bridgehead atoms. The molecule has 78 valence electrons. The molecule has 1 aromatic carbocycles. The number of aromatic nitrogens is 1. The van der Waals surface area contributed by atoms with Crippen LogP contribution in [0.4, 0.5) is 0 Å². The number of ketones is 1. The number of nitrogens with zero attached hydrogens (tertiary/aromatic N) is 1. The summed E-state index contributed by atoms with van der Waals surface area (Å²) in [6, 6.07) is 5.88. The first-order valence-corrected chi connectivity index (χ1v) is 5.00. The molecule has 0 atom stereocenters. The quantitative estimate of drug-likeness (QED) is 0.770. The van der Waals surface area contributed by atoms with Crippen molar-refractivity contribution < 1.29 is 9.21 Å². The van der Waals surface area contributed by atoms with E-state index in [2.05, 4.69) is 4.98 Å². The second-order valence-corrected chi connectivity index (χ2v) is 3.74. The number of rotatable bonds is 3. The van der Waals surface area contributed by atoms with Gasteiger partial charge in [0, 0.05) is 13.3 Å². The highest BCUT2D eigenvalue weighted by molar-refractivity contribution is 5.76. The van der Waals surface area contributed by atoms with Gasteiger partial charge >= 0.3 is 0 Å². The summed E-state index contributed by atoms with van der Waals surface area (Å²) in [5.41, 5.74) is 2.79. The zero-order valence-electron chi connectivity index (χ0n) is 8.91. The summed E-state index contributed by atoms with van der Waals surface area (Å²) in [4.78, 5) is 15.1. The Morgan fingerprint density at radius 2 is 2.27 bits per heavy atom. The van der Waals surface area contributed by atoms with Crippen LogP contribution in [0.3, 0.4) is 0 Å². The fourth-order valence-electron chi connectivity index (χ4n) is 1.56. The molecule has 3 nitrogen and oxygen atoms in total. The molecular weight excluding hydrogens is 190 g/mol. The van der Waals surface area contributed by atoms with E-state index in [0.717, 1.165) is 23.1 Å². The Kier molecular flexibility index (Phi) is 2.54. The van der Waals surface area contributed by atoms with Gasteiger partial charge in [-0.3, -0.25) is 0 Å². The lowest BCUT2D eigenvalue weighted by Crippen LogP contribution is -1.93. The maximum atomic E-state index is 10.8. The average molecular weight is 203 g/mol. The molecule has 0 fully saturated rings. The molecule has 0 saturated carbocycles. The topological polar surface area (TPSA) is 43.1 Å². The van der Waals surface area contributed by atoms with Gasteiger partial charge in [0.1, 0.15) is 11.3 Å². The molecule has 15 heavy (non-hydrogen) atoms. The van der Waals surface area contributed by atoms with Gasteiger partial charge in [-0.2, -0.15) is 0 Å². The number of fused-ring (bicyclic) bond motifs is 1. The van der Waals surface area contributed by atoms with Gasteiger partial charge in [-0.05, 0) is 31.0 Å². The first-order chi connectivity index (χ1) is 7.15. The van der Waals surface area contributed by atoms with Gasteiger partial charge in [-0.1, -0.05) is 6.07 Å². The molecule has 2 rings (SSSR count). The number of Topliss-reactive ketones (excluding diaryl/α,β-unsaturated/α-hetero) is 1. The van der Waals surface area contributed by atoms with Crippen LogP contribution in [0.15, 0.2) is 22.6 Å². The predicted octanol–water partition coefficient (Wildman–Crippen LogP) is 2.66. The number of benzene rings is 1. The maximum Gasteiger partial charge on any atom is 0.192 e. The fraction of sp³-hybridized carbons (Fsp3) is 0.333. The average Bonchev–Trinajstić information content (AvgIpc) is 2.53. The molecule has 0 aliphatic rings. The summed E-state index contributed by atoms with van der Waals surface area (Å²) in [7, 11) is 0. The third kappa shape index (κ3) is 2.24. The van der Waals surface area contributed by atoms with E-state index in [1.54, 1.807) is 6.92 Å². The van der Waals surface area contributed by atoms with E-state index in [9.17, 15) is 4.79 Å². The van der Waals surface area contributed by atoms with Gasteiger partial charge in [-0.15, -0.1) is 0 Å². The highest BCUT2D eigenvalue weighted by Crippen LogP contribution is 2.17. The van der Waals surface area contributed by atoms with Crippen LogP contribution < -0.4 is 0 Å². The molecular formula is C12H13NO2. The normalized spacial score (nSPS) is 10.8. The van der Waals surface area contributed by atoms with Crippen LogP contribution in [0.5, 0.6) is 0 Å². The molecule has 0 spiro atoms. The molecule has 0 saturated heterocycles. The van der Waals surface area contributed by atoms with Crippen LogP contribution >= 0.6 is 0 Å². The lowest BCUT2D eigenvalue weighted by atomic mass is 10.1. The van der Waals surface area contributed by atoms with Crippen molar-refractivity contribution in [3.63, 3.8) is 0 Å². The van der Waals surface area contributed by atoms with Crippen molar-refractivity contribution in [2.24, 2.45) is 0 Å². The second-order valence-electron chi connectivity index (χ2n) is 3.74. The van der Waals surface area contributed by atoms with Crippen LogP contribution in [0.25, 0.3) is 11.1 Å². The van der Waals surface area contributed by atoms with Crippen molar-refractivity contribution in [1.82, 2.24) is 4.98 Å². The lowest BCUT2D eigenvalue weighted by Gasteiger charge is -1.97. The number of carbonyl (C=O) groups excluding carboxylic acids is 1. The number of hydrogen-bond acceptors (Lipinski definition) is 3. The first kappa shape index (κ1) is 9.90. The maximum absolute atomic E-state index is 10.8. The summed E-state index contributed by atoms with van der Waals surface area (Å²) in [6.07, 6.45) is 1.35. The Hall–Kier alpha value is -1.64. The van der Waals surface area contributed by atoms with Crippen LogP contribution in [-0.2, 0) is 11.2 Å². The molecule has 0 aliphatic heterocycles. The van der Waals surface area contributed by atoms with E-state index in [1.165, 1.54) is 0 Å². The summed E-state index contributed by atoms with van der Waals surface area (Å²) < 4.78 is 5.42. The molecule has 0 N–H and O–H groups in total. The van der Waals surface area contributed by atoms with Crippen LogP contribution in [0, 0.1) is 6.92 Å². The van der Waals surface area contributed by atoms with Gasteiger partial charge < -0.3 is 9.21 Å². The van der Waals surface area contributed by atoms with Crippen molar-refractivity contribution in [2.75, 3.05) is 0 Å². The van der Waals surface area contributed by atoms with E-state index in [-0.39, 0.29) is 5.78 Å². The van der Waals surface area contributed by atoms with Crippen LogP contribution in [-0.4, -0.2) is 10.8 Å². The van der Waals surface area contributed by atoms with Crippen LogP contribution in [0.2, 0.25) is 0 Å². The smallest absolute Gasteiger partial charge is 0.192 e. The second kappa shape index (κ2) is 3.85. The van der Waals surface area contributed by atoms with Crippen LogP contribution in [0.1, 0.15) is 24.8 Å². The molecule has 0 amide bonds. The Morgan fingerprint density at radius 3 is 3.00 bits per heavy atom. The number of oxazole rings is 1. The van der Waals surface area contributed by atoms with Crippen molar-refractivity contribution >= 4 is 16.9 Å². The van der Waals surface area contributed by atoms with Gasteiger partial charge in [-0.25, -0.2) is 4.98 Å². The lowest BCUT2D eigenvalue weighted by molar-refractivity contribution is -0.116. The molecule has 1 heterocycles. The molecule has 2 aromatic rings. The van der Waals surface area contributed by atoms with Gasteiger partial charge in [0.25, 0.3) is 0 Å². The van der Waals surface area contributed by atoms with E-state index in [4.69, 9.17) is 4.42 Å². The molecule has 0 aliphatic carbocycles. The first-order valence-electron chi connectivity index (χ1n) is 5.00. The summed E-state index contributed by atoms with van der Waals surface area (Å²) in [5.74, 6) is 0.887. The Bertz CT molecular complexity index is 499. The molecule has 3 heteroatoms. The van der Waals surface area contributed by atoms with Crippen molar-refractivity contribution in [2.45, 2.75) is 26.7 Å². The molecule has 0 radical (unpaired) electrons. The number of hydrogen-bond donors (Lipinski definition) is 0. The largest absolute Gasteiger partial charge is 0.441 e. The zero-order chi connectivity index (χ0) is 10.8. The Balaban J connectivity index is 2.26.